The van der Waals surface area contributed by atoms with Crippen molar-refractivity contribution in [1.82, 2.24) is 9.88 Å². The molecule has 1 atom stereocenters. The average Bonchev–Trinajstić information content (AvgIpc) is 2.82. The van der Waals surface area contributed by atoms with Crippen molar-refractivity contribution in [2.24, 2.45) is 0 Å². The van der Waals surface area contributed by atoms with Gasteiger partial charge in [0.25, 0.3) is 0 Å². The molecule has 0 aliphatic carbocycles. The lowest BCUT2D eigenvalue weighted by atomic mass is 9.93. The summed E-state index contributed by atoms with van der Waals surface area (Å²) in [5, 5.41) is 0. The fourth-order valence-corrected chi connectivity index (χ4v) is 4.22. The van der Waals surface area contributed by atoms with Crippen LogP contribution in [-0.2, 0) is 17.6 Å². The first-order valence-electron chi connectivity index (χ1n) is 11.3. The normalized spacial score (nSPS) is 16.1. The number of aromatic nitrogens is 1. The van der Waals surface area contributed by atoms with Crippen LogP contribution >= 0.6 is 0 Å². The largest absolute Gasteiger partial charge is 0.494 e. The summed E-state index contributed by atoms with van der Waals surface area (Å²) in [6, 6.07) is 18.6. The molecule has 1 amide bonds. The molecule has 32 heavy (non-hydrogen) atoms. The maximum Gasteiger partial charge on any atom is 0.227 e. The highest BCUT2D eigenvalue weighted by molar-refractivity contribution is 5.79. The number of hydrogen-bond acceptors (Lipinski definition) is 3. The summed E-state index contributed by atoms with van der Waals surface area (Å²) < 4.78 is 18.6. The molecule has 1 fully saturated rings. The van der Waals surface area contributed by atoms with Gasteiger partial charge in [-0.25, -0.2) is 4.39 Å². The number of likely N-dealkylation sites (tertiary alicyclic amines) is 1. The van der Waals surface area contributed by atoms with Gasteiger partial charge in [0.05, 0.1) is 13.0 Å². The molecule has 0 N–H and O–H groups in total. The Morgan fingerprint density at radius 1 is 1.03 bits per heavy atom. The van der Waals surface area contributed by atoms with Gasteiger partial charge in [-0.15, -0.1) is 0 Å². The molecule has 0 bridgehead atoms. The SMILES string of the molecule is CCOc1ccc(Cc2ccc([C@H]3CCCN(C(=O)Cc4ccc(F)cc4)C3)nc2)cc1. The Morgan fingerprint density at radius 3 is 2.44 bits per heavy atom. The van der Waals surface area contributed by atoms with E-state index in [4.69, 9.17) is 9.72 Å². The van der Waals surface area contributed by atoms with Crippen LogP contribution in [0.15, 0.2) is 66.9 Å². The van der Waals surface area contributed by atoms with Crippen molar-refractivity contribution in [3.8, 4) is 5.75 Å². The number of carbonyl (C=O) groups excluding carboxylic acids is 1. The van der Waals surface area contributed by atoms with Crippen molar-refractivity contribution in [2.75, 3.05) is 19.7 Å². The van der Waals surface area contributed by atoms with Crippen molar-refractivity contribution in [2.45, 2.75) is 38.5 Å². The first-order chi connectivity index (χ1) is 15.6. The molecule has 4 nitrogen and oxygen atoms in total. The fourth-order valence-electron chi connectivity index (χ4n) is 4.22. The van der Waals surface area contributed by atoms with Gasteiger partial charge >= 0.3 is 0 Å². The monoisotopic (exact) mass is 432 g/mol. The second-order valence-electron chi connectivity index (χ2n) is 8.33. The Balaban J connectivity index is 1.34. The molecular weight excluding hydrogens is 403 g/mol. The molecule has 0 spiro atoms. The smallest absolute Gasteiger partial charge is 0.227 e. The van der Waals surface area contributed by atoms with E-state index in [1.165, 1.54) is 17.7 Å². The summed E-state index contributed by atoms with van der Waals surface area (Å²) in [4.78, 5) is 19.4. The van der Waals surface area contributed by atoms with Crippen LogP contribution in [0.25, 0.3) is 0 Å². The molecule has 1 saturated heterocycles. The Hall–Kier alpha value is -3.21. The number of benzene rings is 2. The zero-order valence-corrected chi connectivity index (χ0v) is 18.5. The Bertz CT molecular complexity index is 1020. The van der Waals surface area contributed by atoms with Crippen molar-refractivity contribution in [3.05, 3.63) is 95.1 Å². The van der Waals surface area contributed by atoms with Gasteiger partial charge in [-0.05, 0) is 73.2 Å². The van der Waals surface area contributed by atoms with Crippen molar-refractivity contribution in [3.63, 3.8) is 0 Å². The molecule has 3 aromatic rings. The lowest BCUT2D eigenvalue weighted by Gasteiger charge is -2.32. The minimum atomic E-state index is -0.281. The number of hydrogen-bond donors (Lipinski definition) is 0. The summed E-state index contributed by atoms with van der Waals surface area (Å²) in [5.74, 6) is 0.950. The minimum Gasteiger partial charge on any atom is -0.494 e. The predicted octanol–water partition coefficient (Wildman–Crippen LogP) is 5.16. The molecule has 4 rings (SSSR count). The lowest BCUT2D eigenvalue weighted by molar-refractivity contribution is -0.131. The van der Waals surface area contributed by atoms with E-state index in [0.29, 0.717) is 19.6 Å². The molecular formula is C27H29FN2O2. The fraction of sp³-hybridized carbons (Fsp3) is 0.333. The van der Waals surface area contributed by atoms with Crippen LogP contribution in [0.1, 0.15) is 48.1 Å². The molecule has 5 heteroatoms. The van der Waals surface area contributed by atoms with Gasteiger partial charge in [0.1, 0.15) is 11.6 Å². The van der Waals surface area contributed by atoms with Crippen LogP contribution < -0.4 is 4.74 Å². The third kappa shape index (κ3) is 5.72. The zero-order valence-electron chi connectivity index (χ0n) is 18.5. The number of carbonyl (C=O) groups is 1. The number of amides is 1. The molecule has 166 valence electrons. The molecule has 1 aromatic heterocycles. The van der Waals surface area contributed by atoms with E-state index in [2.05, 4.69) is 24.3 Å². The first-order valence-corrected chi connectivity index (χ1v) is 11.3. The predicted molar refractivity (Wildman–Crippen MR) is 123 cm³/mol. The van der Waals surface area contributed by atoms with Gasteiger partial charge in [0.2, 0.25) is 5.91 Å². The van der Waals surface area contributed by atoms with Crippen molar-refractivity contribution < 1.29 is 13.9 Å². The van der Waals surface area contributed by atoms with E-state index in [-0.39, 0.29) is 17.6 Å². The maximum absolute atomic E-state index is 13.1. The summed E-state index contributed by atoms with van der Waals surface area (Å²) in [7, 11) is 0. The topological polar surface area (TPSA) is 42.4 Å². The molecule has 0 unspecified atom stereocenters. The highest BCUT2D eigenvalue weighted by Crippen LogP contribution is 2.26. The summed E-state index contributed by atoms with van der Waals surface area (Å²) in [6.07, 6.45) is 5.08. The van der Waals surface area contributed by atoms with Crippen molar-refractivity contribution >= 4 is 5.91 Å². The number of piperidine rings is 1. The van der Waals surface area contributed by atoms with Gasteiger partial charge < -0.3 is 9.64 Å². The van der Waals surface area contributed by atoms with Crippen molar-refractivity contribution in [1.29, 1.82) is 0 Å². The molecule has 1 aliphatic rings. The van der Waals surface area contributed by atoms with Gasteiger partial charge in [-0.1, -0.05) is 30.3 Å². The van der Waals surface area contributed by atoms with E-state index < -0.39 is 0 Å². The zero-order chi connectivity index (χ0) is 22.3. The number of ether oxygens (including phenoxy) is 1. The van der Waals surface area contributed by atoms with Crippen LogP contribution in [0, 0.1) is 5.82 Å². The average molecular weight is 433 g/mol. The minimum absolute atomic E-state index is 0.0911. The van der Waals surface area contributed by atoms with Crippen LogP contribution in [0.2, 0.25) is 0 Å². The Kier molecular flexibility index (Phi) is 7.15. The van der Waals surface area contributed by atoms with Gasteiger partial charge in [-0.2, -0.15) is 0 Å². The second-order valence-corrected chi connectivity index (χ2v) is 8.33. The van der Waals surface area contributed by atoms with Crippen LogP contribution in [0.4, 0.5) is 4.39 Å². The summed E-state index contributed by atoms with van der Waals surface area (Å²) >= 11 is 0. The summed E-state index contributed by atoms with van der Waals surface area (Å²) in [6.45, 7) is 4.10. The van der Waals surface area contributed by atoms with E-state index >= 15 is 0 Å². The van der Waals surface area contributed by atoms with E-state index in [1.807, 2.05) is 30.2 Å². The molecule has 0 radical (unpaired) electrons. The molecule has 2 aromatic carbocycles. The van der Waals surface area contributed by atoms with Gasteiger partial charge in [0, 0.05) is 30.9 Å². The van der Waals surface area contributed by atoms with Crippen LogP contribution in [0.3, 0.4) is 0 Å². The number of rotatable bonds is 7. The Labute approximate surface area is 189 Å². The van der Waals surface area contributed by atoms with E-state index in [9.17, 15) is 9.18 Å². The first kappa shape index (κ1) is 22.0. The third-order valence-electron chi connectivity index (χ3n) is 5.95. The number of pyridine rings is 1. The molecule has 2 heterocycles. The maximum atomic E-state index is 13.1. The standard InChI is InChI=1S/C27H29FN2O2/c1-2-32-25-12-7-20(8-13-25)16-22-9-14-26(29-18-22)23-4-3-15-30(19-23)27(31)17-21-5-10-24(28)11-6-21/h5-14,18,23H,2-4,15-17,19H2,1H3/t23-/m0/s1. The highest BCUT2D eigenvalue weighted by atomic mass is 19.1. The lowest BCUT2D eigenvalue weighted by Crippen LogP contribution is -2.40. The second kappa shape index (κ2) is 10.4. The molecule has 0 saturated carbocycles. The van der Waals surface area contributed by atoms with E-state index in [0.717, 1.165) is 48.4 Å². The Morgan fingerprint density at radius 2 is 1.75 bits per heavy atom. The highest BCUT2D eigenvalue weighted by Gasteiger charge is 2.25. The number of nitrogens with zero attached hydrogens (tertiary/aromatic N) is 2. The van der Waals surface area contributed by atoms with E-state index in [1.54, 1.807) is 12.1 Å². The van der Waals surface area contributed by atoms with Gasteiger partial charge in [-0.3, -0.25) is 9.78 Å². The molecule has 1 aliphatic heterocycles. The third-order valence-corrected chi connectivity index (χ3v) is 5.95. The number of halogens is 1. The van der Waals surface area contributed by atoms with Crippen LogP contribution in [-0.4, -0.2) is 35.5 Å². The van der Waals surface area contributed by atoms with Crippen LogP contribution in [0.5, 0.6) is 5.75 Å². The quantitative estimate of drug-likeness (QED) is 0.518. The summed E-state index contributed by atoms with van der Waals surface area (Å²) in [5.41, 5.74) is 4.27. The van der Waals surface area contributed by atoms with Gasteiger partial charge in [0.15, 0.2) is 0 Å².